The van der Waals surface area contributed by atoms with E-state index in [0.29, 0.717) is 6.54 Å². The van der Waals surface area contributed by atoms with Crippen LogP contribution in [0.3, 0.4) is 0 Å². The summed E-state index contributed by atoms with van der Waals surface area (Å²) in [6, 6.07) is 15.9. The first-order valence-electron chi connectivity index (χ1n) is 7.06. The molecule has 2 aromatic carbocycles. The van der Waals surface area contributed by atoms with Crippen LogP contribution in [0.5, 0.6) is 0 Å². The second-order valence-corrected chi connectivity index (χ2v) is 5.61. The van der Waals surface area contributed by atoms with E-state index < -0.39 is 0 Å². The maximum Gasteiger partial charge on any atom is 0.167 e. The van der Waals surface area contributed by atoms with E-state index in [0.717, 1.165) is 34.5 Å². The Morgan fingerprint density at radius 1 is 1.10 bits per heavy atom. The Balaban J connectivity index is 1.92. The number of rotatable bonds is 5. The van der Waals surface area contributed by atoms with E-state index in [2.05, 4.69) is 5.16 Å². The Hall–Kier alpha value is -1.84. The van der Waals surface area contributed by atoms with Gasteiger partial charge in [-0.3, -0.25) is 0 Å². The molecular formula is C17H17ClN2O. The van der Waals surface area contributed by atoms with Gasteiger partial charge in [0.25, 0.3) is 0 Å². The SMILES string of the molecule is NCCC(Cc1ccc(Cl)cc1)c1noc2ccccc12. The highest BCUT2D eigenvalue weighted by Gasteiger charge is 2.19. The predicted octanol–water partition coefficient (Wildman–Crippen LogP) is 4.16. The molecule has 1 unspecified atom stereocenters. The second-order valence-electron chi connectivity index (χ2n) is 5.17. The van der Waals surface area contributed by atoms with E-state index in [1.165, 1.54) is 5.56 Å². The van der Waals surface area contributed by atoms with Gasteiger partial charge in [-0.2, -0.15) is 0 Å². The Morgan fingerprint density at radius 2 is 1.86 bits per heavy atom. The van der Waals surface area contributed by atoms with Crippen molar-refractivity contribution in [1.82, 2.24) is 5.16 Å². The van der Waals surface area contributed by atoms with Gasteiger partial charge in [0.05, 0.1) is 5.69 Å². The van der Waals surface area contributed by atoms with Crippen molar-refractivity contribution in [3.63, 3.8) is 0 Å². The van der Waals surface area contributed by atoms with E-state index in [1.807, 2.05) is 48.5 Å². The van der Waals surface area contributed by atoms with Crippen molar-refractivity contribution in [2.45, 2.75) is 18.8 Å². The van der Waals surface area contributed by atoms with Crippen molar-refractivity contribution >= 4 is 22.6 Å². The van der Waals surface area contributed by atoms with Crippen molar-refractivity contribution in [3.05, 3.63) is 64.8 Å². The van der Waals surface area contributed by atoms with E-state index in [4.69, 9.17) is 21.9 Å². The van der Waals surface area contributed by atoms with Crippen molar-refractivity contribution < 1.29 is 4.52 Å². The van der Waals surface area contributed by atoms with Gasteiger partial charge >= 0.3 is 0 Å². The zero-order chi connectivity index (χ0) is 14.7. The summed E-state index contributed by atoms with van der Waals surface area (Å²) >= 11 is 5.94. The van der Waals surface area contributed by atoms with Gasteiger partial charge < -0.3 is 10.3 Å². The molecule has 2 N–H and O–H groups in total. The van der Waals surface area contributed by atoms with E-state index in [9.17, 15) is 0 Å². The highest BCUT2D eigenvalue weighted by atomic mass is 35.5. The molecule has 3 nitrogen and oxygen atoms in total. The number of hydrogen-bond donors (Lipinski definition) is 1. The first-order valence-corrected chi connectivity index (χ1v) is 7.44. The van der Waals surface area contributed by atoms with Crippen LogP contribution in [0.25, 0.3) is 11.0 Å². The lowest BCUT2D eigenvalue weighted by atomic mass is 9.91. The maximum absolute atomic E-state index is 5.94. The first kappa shape index (κ1) is 14.1. The fraction of sp³-hybridized carbons (Fsp3) is 0.235. The molecule has 4 heteroatoms. The molecule has 0 bridgehead atoms. The molecule has 3 rings (SSSR count). The van der Waals surface area contributed by atoms with E-state index in [-0.39, 0.29) is 5.92 Å². The van der Waals surface area contributed by atoms with Crippen LogP contribution in [0.2, 0.25) is 5.02 Å². The van der Waals surface area contributed by atoms with Crippen molar-refractivity contribution in [2.24, 2.45) is 5.73 Å². The minimum atomic E-state index is 0.250. The summed E-state index contributed by atoms with van der Waals surface area (Å²) in [5.41, 5.74) is 8.82. The van der Waals surface area contributed by atoms with Crippen LogP contribution in [0.15, 0.2) is 53.1 Å². The number of halogens is 1. The summed E-state index contributed by atoms with van der Waals surface area (Å²) in [5, 5.41) is 6.10. The number of fused-ring (bicyclic) bond motifs is 1. The van der Waals surface area contributed by atoms with Gasteiger partial charge in [-0.05, 0) is 49.2 Å². The highest BCUT2D eigenvalue weighted by molar-refractivity contribution is 6.30. The third kappa shape index (κ3) is 3.09. The molecule has 0 aliphatic rings. The quantitative estimate of drug-likeness (QED) is 0.770. The van der Waals surface area contributed by atoms with Gasteiger partial charge in [-0.1, -0.05) is 41.0 Å². The third-order valence-corrected chi connectivity index (χ3v) is 3.95. The number of hydrogen-bond acceptors (Lipinski definition) is 3. The molecule has 21 heavy (non-hydrogen) atoms. The van der Waals surface area contributed by atoms with Crippen LogP contribution >= 0.6 is 11.6 Å². The lowest BCUT2D eigenvalue weighted by Gasteiger charge is -2.14. The zero-order valence-corrected chi connectivity index (χ0v) is 12.4. The average Bonchev–Trinajstić information content (AvgIpc) is 2.93. The lowest BCUT2D eigenvalue weighted by molar-refractivity contribution is 0.432. The van der Waals surface area contributed by atoms with Crippen LogP contribution in [-0.4, -0.2) is 11.7 Å². The Bertz CT molecular complexity index is 721. The van der Waals surface area contributed by atoms with Gasteiger partial charge in [0.15, 0.2) is 5.58 Å². The van der Waals surface area contributed by atoms with Crippen molar-refractivity contribution in [2.75, 3.05) is 6.54 Å². The predicted molar refractivity (Wildman–Crippen MR) is 85.6 cm³/mol. The lowest BCUT2D eigenvalue weighted by Crippen LogP contribution is -2.10. The number of aromatic nitrogens is 1. The Morgan fingerprint density at radius 3 is 2.62 bits per heavy atom. The van der Waals surface area contributed by atoms with Crippen LogP contribution in [0, 0.1) is 0 Å². The zero-order valence-electron chi connectivity index (χ0n) is 11.6. The molecule has 0 radical (unpaired) electrons. The standard InChI is InChI=1S/C17H17ClN2O/c18-14-7-5-12(6-8-14)11-13(9-10-19)17-15-3-1-2-4-16(15)21-20-17/h1-8,13H,9-11,19H2. The molecule has 1 atom stereocenters. The molecule has 0 spiro atoms. The van der Waals surface area contributed by atoms with Gasteiger partial charge in [0, 0.05) is 16.3 Å². The molecule has 108 valence electrons. The van der Waals surface area contributed by atoms with Gasteiger partial charge in [0.2, 0.25) is 0 Å². The molecular weight excluding hydrogens is 284 g/mol. The summed E-state index contributed by atoms with van der Waals surface area (Å²) < 4.78 is 5.42. The summed E-state index contributed by atoms with van der Waals surface area (Å²) in [6.07, 6.45) is 1.75. The monoisotopic (exact) mass is 300 g/mol. The molecule has 0 saturated heterocycles. The normalized spacial score (nSPS) is 12.7. The second kappa shape index (κ2) is 6.29. The minimum absolute atomic E-state index is 0.250. The number of benzene rings is 2. The molecule has 3 aromatic rings. The molecule has 0 aliphatic carbocycles. The maximum atomic E-state index is 5.94. The van der Waals surface area contributed by atoms with Gasteiger partial charge in [-0.25, -0.2) is 0 Å². The molecule has 0 aliphatic heterocycles. The first-order chi connectivity index (χ1) is 10.3. The van der Waals surface area contributed by atoms with Crippen molar-refractivity contribution in [3.8, 4) is 0 Å². The van der Waals surface area contributed by atoms with Gasteiger partial charge in [-0.15, -0.1) is 0 Å². The summed E-state index contributed by atoms with van der Waals surface area (Å²) in [5.74, 6) is 0.250. The molecule has 0 amide bonds. The number of nitrogens with zero attached hydrogens (tertiary/aromatic N) is 1. The van der Waals surface area contributed by atoms with Gasteiger partial charge in [0.1, 0.15) is 0 Å². The van der Waals surface area contributed by atoms with E-state index >= 15 is 0 Å². The summed E-state index contributed by atoms with van der Waals surface area (Å²) in [4.78, 5) is 0. The molecule has 0 fully saturated rings. The average molecular weight is 301 g/mol. The van der Waals surface area contributed by atoms with Crippen LogP contribution in [-0.2, 0) is 6.42 Å². The van der Waals surface area contributed by atoms with Crippen LogP contribution in [0.1, 0.15) is 23.6 Å². The van der Waals surface area contributed by atoms with Crippen molar-refractivity contribution in [1.29, 1.82) is 0 Å². The molecule has 0 saturated carbocycles. The molecule has 1 aromatic heterocycles. The van der Waals surface area contributed by atoms with Crippen LogP contribution < -0.4 is 5.73 Å². The number of nitrogens with two attached hydrogens (primary N) is 1. The summed E-state index contributed by atoms with van der Waals surface area (Å²) in [7, 11) is 0. The Labute approximate surface area is 128 Å². The number of para-hydroxylation sites is 1. The fourth-order valence-corrected chi connectivity index (χ4v) is 2.77. The minimum Gasteiger partial charge on any atom is -0.356 e. The third-order valence-electron chi connectivity index (χ3n) is 3.70. The Kier molecular flexibility index (Phi) is 4.23. The fourth-order valence-electron chi connectivity index (χ4n) is 2.64. The topological polar surface area (TPSA) is 52.0 Å². The summed E-state index contributed by atoms with van der Waals surface area (Å²) in [6.45, 7) is 0.624. The largest absolute Gasteiger partial charge is 0.356 e. The molecule has 1 heterocycles. The smallest absolute Gasteiger partial charge is 0.167 e. The van der Waals surface area contributed by atoms with Crippen LogP contribution in [0.4, 0.5) is 0 Å². The highest BCUT2D eigenvalue weighted by Crippen LogP contribution is 2.30. The van der Waals surface area contributed by atoms with E-state index in [1.54, 1.807) is 0 Å².